The van der Waals surface area contributed by atoms with Crippen molar-refractivity contribution in [2.24, 2.45) is 11.8 Å². The lowest BCUT2D eigenvalue weighted by Gasteiger charge is -2.30. The number of hydrazine groups is 3. The number of amides is 3. The molecule has 1 aliphatic carbocycles. The molecule has 0 radical (unpaired) electrons. The smallest absolute Gasteiger partial charge is 0.408 e. The number of carboxylic acids is 1. The number of carbonyl (C=O) groups is 4. The number of piperidine rings is 1. The molecule has 5 aliphatic rings. The van der Waals surface area contributed by atoms with E-state index in [1.54, 1.807) is 20.8 Å². The summed E-state index contributed by atoms with van der Waals surface area (Å²) in [5, 5.41) is 20.9. The van der Waals surface area contributed by atoms with Gasteiger partial charge in [0.2, 0.25) is 11.8 Å². The Morgan fingerprint density at radius 1 is 1.12 bits per heavy atom. The van der Waals surface area contributed by atoms with Gasteiger partial charge in [-0.15, -0.1) is 0 Å². The summed E-state index contributed by atoms with van der Waals surface area (Å²) in [5.41, 5.74) is 7.85. The summed E-state index contributed by atoms with van der Waals surface area (Å²) in [6.45, 7) is 7.39. The number of nitrogens with zero attached hydrogens (tertiary/aromatic N) is 2. The van der Waals surface area contributed by atoms with Gasteiger partial charge in [0.15, 0.2) is 0 Å². The van der Waals surface area contributed by atoms with Crippen LogP contribution in [0.15, 0.2) is 12.2 Å². The maximum atomic E-state index is 14.2. The Kier molecular flexibility index (Phi) is 9.61. The van der Waals surface area contributed by atoms with Crippen molar-refractivity contribution in [3.63, 3.8) is 0 Å². The first kappa shape index (κ1) is 31.6. The Hall–Kier alpha value is -2.78. The molecule has 0 spiro atoms. The van der Waals surface area contributed by atoms with Crippen LogP contribution in [0.5, 0.6) is 0 Å². The van der Waals surface area contributed by atoms with Gasteiger partial charge in [0.25, 0.3) is 0 Å². The van der Waals surface area contributed by atoms with Crippen molar-refractivity contribution in [1.29, 1.82) is 0 Å². The second kappa shape index (κ2) is 13.1. The number of carboxylic acid groups (broad SMARTS) is 1. The number of allylic oxidation sites excluding steroid dienone is 1. The predicted octanol–water partition coefficient (Wildman–Crippen LogP) is 0.484. The molecule has 6 atom stereocenters. The molecule has 240 valence electrons. The number of nitrogens with one attached hydrogen (secondary N) is 6. The second-order valence-electron chi connectivity index (χ2n) is 13.6. The average Bonchev–Trinajstić information content (AvgIpc) is 3.28. The standard InChI is InChI=1S/C29H48N8O6/c1-28(2,3)43-27(42)31-21-10-8-6-4-5-7-9-19-16-29(19,26(40)41)32-24(38)22-15-20(17-36(22)25(21)39)37-34-23(33-35-37)18-11-13-30-14-12-18/h7,9,18-23,30,33-35H,4-6,8,10-17H2,1-3H3,(H,31,42)(H,32,38)(H,40,41)/b9-7-/t19-,20-,21+,22+,23?,29-/m1/s1. The number of rotatable bonds is 4. The molecule has 5 rings (SSSR count). The van der Waals surface area contributed by atoms with Crippen LogP contribution in [0.1, 0.15) is 78.6 Å². The molecule has 3 saturated heterocycles. The monoisotopic (exact) mass is 604 g/mol. The molecule has 14 nitrogen and oxygen atoms in total. The quantitative estimate of drug-likeness (QED) is 0.222. The van der Waals surface area contributed by atoms with E-state index in [1.807, 2.05) is 17.3 Å². The van der Waals surface area contributed by atoms with E-state index >= 15 is 0 Å². The maximum absolute atomic E-state index is 14.2. The first-order chi connectivity index (χ1) is 20.5. The van der Waals surface area contributed by atoms with Gasteiger partial charge in [-0.2, -0.15) is 10.7 Å². The van der Waals surface area contributed by atoms with Crippen molar-refractivity contribution >= 4 is 23.9 Å². The van der Waals surface area contributed by atoms with E-state index in [9.17, 15) is 24.3 Å². The highest BCUT2D eigenvalue weighted by Crippen LogP contribution is 2.45. The van der Waals surface area contributed by atoms with Gasteiger partial charge in [0.1, 0.15) is 23.2 Å². The number of ether oxygens (including phenoxy) is 1. The van der Waals surface area contributed by atoms with Crippen LogP contribution in [-0.2, 0) is 19.1 Å². The summed E-state index contributed by atoms with van der Waals surface area (Å²) < 4.78 is 5.46. The van der Waals surface area contributed by atoms with Gasteiger partial charge in [0.05, 0.1) is 12.2 Å². The number of carbonyl (C=O) groups excluding carboxylic acids is 3. The van der Waals surface area contributed by atoms with Crippen LogP contribution in [0.25, 0.3) is 0 Å². The van der Waals surface area contributed by atoms with Crippen LogP contribution in [0.3, 0.4) is 0 Å². The SMILES string of the molecule is CC(C)(C)OC(=O)N[C@H]1CCCCC/C=C\[C@@H]2C[C@@]2(C(=O)O)NC(=O)[C@@H]2C[C@@H](N3NNC(C4CCNCC4)N3)CN2C1=O. The molecule has 4 fully saturated rings. The topological polar surface area (TPSA) is 176 Å². The lowest BCUT2D eigenvalue weighted by atomic mass is 9.95. The van der Waals surface area contributed by atoms with Crippen molar-refractivity contribution < 1.29 is 29.0 Å². The van der Waals surface area contributed by atoms with Crippen LogP contribution in [0.4, 0.5) is 4.79 Å². The van der Waals surface area contributed by atoms with Gasteiger partial charge in [-0.05, 0) is 84.7 Å². The Morgan fingerprint density at radius 2 is 1.88 bits per heavy atom. The first-order valence-corrected chi connectivity index (χ1v) is 15.8. The van der Waals surface area contributed by atoms with E-state index < -0.39 is 41.2 Å². The Labute approximate surface area is 253 Å². The number of hydrogen-bond donors (Lipinski definition) is 7. The van der Waals surface area contributed by atoms with Crippen molar-refractivity contribution in [1.82, 2.24) is 42.4 Å². The first-order valence-electron chi connectivity index (χ1n) is 15.8. The Bertz CT molecular complexity index is 1090. The molecule has 14 heteroatoms. The fraction of sp³-hybridized carbons (Fsp3) is 0.793. The van der Waals surface area contributed by atoms with Crippen LogP contribution in [0, 0.1) is 11.8 Å². The fourth-order valence-corrected chi connectivity index (χ4v) is 6.67. The summed E-state index contributed by atoms with van der Waals surface area (Å²) in [6, 6.07) is -2.07. The molecule has 43 heavy (non-hydrogen) atoms. The third-order valence-corrected chi connectivity index (χ3v) is 9.17. The van der Waals surface area contributed by atoms with Crippen LogP contribution >= 0.6 is 0 Å². The zero-order valence-corrected chi connectivity index (χ0v) is 25.5. The summed E-state index contributed by atoms with van der Waals surface area (Å²) in [6.07, 6.45) is 9.42. The normalized spacial score (nSPS) is 35.6. The summed E-state index contributed by atoms with van der Waals surface area (Å²) >= 11 is 0. The summed E-state index contributed by atoms with van der Waals surface area (Å²) in [4.78, 5) is 54.6. The number of hydrogen-bond acceptors (Lipinski definition) is 10. The van der Waals surface area contributed by atoms with Crippen LogP contribution < -0.4 is 32.3 Å². The highest BCUT2D eigenvalue weighted by molar-refractivity contribution is 5.96. The van der Waals surface area contributed by atoms with Gasteiger partial charge in [0, 0.05) is 12.5 Å². The molecular formula is C29H48N8O6. The number of fused-ring (bicyclic) bond motifs is 2. The van der Waals surface area contributed by atoms with E-state index in [0.717, 1.165) is 45.2 Å². The maximum Gasteiger partial charge on any atom is 0.408 e. The van der Waals surface area contributed by atoms with Gasteiger partial charge in [-0.3, -0.25) is 9.59 Å². The minimum absolute atomic E-state index is 0.000504. The molecule has 0 bridgehead atoms. The molecule has 1 unspecified atom stereocenters. The lowest BCUT2D eigenvalue weighted by Crippen LogP contribution is -2.56. The molecule has 0 aromatic heterocycles. The zero-order chi connectivity index (χ0) is 30.8. The van der Waals surface area contributed by atoms with E-state index in [4.69, 9.17) is 4.74 Å². The van der Waals surface area contributed by atoms with Crippen molar-refractivity contribution in [2.45, 2.75) is 114 Å². The molecular weight excluding hydrogens is 556 g/mol. The molecule has 1 saturated carbocycles. The van der Waals surface area contributed by atoms with Crippen molar-refractivity contribution in [3.05, 3.63) is 12.2 Å². The molecule has 7 N–H and O–H groups in total. The van der Waals surface area contributed by atoms with E-state index in [1.165, 1.54) is 4.90 Å². The highest BCUT2D eigenvalue weighted by Gasteiger charge is 2.61. The fourth-order valence-electron chi connectivity index (χ4n) is 6.67. The minimum Gasteiger partial charge on any atom is -0.479 e. The van der Waals surface area contributed by atoms with Crippen LogP contribution in [-0.4, -0.2) is 94.1 Å². The molecule has 3 amide bonds. The lowest BCUT2D eigenvalue weighted by molar-refractivity contribution is -0.145. The molecule has 0 aromatic rings. The third-order valence-electron chi connectivity index (χ3n) is 9.17. The third kappa shape index (κ3) is 7.48. The predicted molar refractivity (Wildman–Crippen MR) is 157 cm³/mol. The second-order valence-corrected chi connectivity index (χ2v) is 13.6. The summed E-state index contributed by atoms with van der Waals surface area (Å²) in [5.74, 6) is -1.83. The minimum atomic E-state index is -1.37. The highest BCUT2D eigenvalue weighted by atomic mass is 16.6. The Balaban J connectivity index is 1.37. The van der Waals surface area contributed by atoms with Gasteiger partial charge in [-0.25, -0.2) is 20.4 Å². The van der Waals surface area contributed by atoms with Crippen molar-refractivity contribution in [2.75, 3.05) is 19.6 Å². The van der Waals surface area contributed by atoms with Gasteiger partial charge in [-0.1, -0.05) is 25.0 Å². The van der Waals surface area contributed by atoms with Gasteiger partial charge >= 0.3 is 12.1 Å². The van der Waals surface area contributed by atoms with Crippen molar-refractivity contribution in [3.8, 4) is 0 Å². The summed E-state index contributed by atoms with van der Waals surface area (Å²) in [7, 11) is 0. The Morgan fingerprint density at radius 3 is 2.60 bits per heavy atom. The molecule has 4 heterocycles. The zero-order valence-electron chi connectivity index (χ0n) is 25.5. The van der Waals surface area contributed by atoms with E-state index in [-0.39, 0.29) is 37.0 Å². The van der Waals surface area contributed by atoms with Gasteiger partial charge < -0.3 is 30.7 Å². The largest absolute Gasteiger partial charge is 0.479 e. The number of aliphatic carboxylic acids is 1. The average molecular weight is 605 g/mol. The molecule has 0 aromatic carbocycles. The molecule has 4 aliphatic heterocycles. The van der Waals surface area contributed by atoms with E-state index in [0.29, 0.717) is 25.2 Å². The van der Waals surface area contributed by atoms with Crippen LogP contribution in [0.2, 0.25) is 0 Å². The number of alkyl carbamates (subject to hydrolysis) is 1. The van der Waals surface area contributed by atoms with E-state index in [2.05, 4.69) is 32.3 Å².